The maximum Gasteiger partial charge on any atom is 0.148 e. The van der Waals surface area contributed by atoms with Gasteiger partial charge in [0.25, 0.3) is 0 Å². The van der Waals surface area contributed by atoms with E-state index in [0.717, 1.165) is 0 Å². The maximum absolute atomic E-state index is 13.6. The van der Waals surface area contributed by atoms with Gasteiger partial charge < -0.3 is 5.32 Å². The molecule has 0 saturated heterocycles. The first kappa shape index (κ1) is 11.7. The first-order valence-electron chi connectivity index (χ1n) is 5.55. The second-order valence-corrected chi connectivity index (χ2v) is 4.08. The Hall–Kier alpha value is -1.75. The highest BCUT2D eigenvalue weighted by atomic mass is 19.1. The van der Waals surface area contributed by atoms with Gasteiger partial charge in [0.05, 0.1) is 6.54 Å². The predicted octanol–water partition coefficient (Wildman–Crippen LogP) is 1.90. The lowest BCUT2D eigenvalue weighted by Gasteiger charge is -2.09. The van der Waals surface area contributed by atoms with Gasteiger partial charge in [0.1, 0.15) is 23.7 Å². The van der Waals surface area contributed by atoms with E-state index in [0.29, 0.717) is 24.1 Å². The quantitative estimate of drug-likeness (QED) is 0.878. The van der Waals surface area contributed by atoms with E-state index in [1.54, 1.807) is 18.2 Å². The van der Waals surface area contributed by atoms with Crippen molar-refractivity contribution in [1.82, 2.24) is 20.1 Å². The summed E-state index contributed by atoms with van der Waals surface area (Å²) in [6.45, 7) is 4.65. The summed E-state index contributed by atoms with van der Waals surface area (Å²) in [6.07, 6.45) is 1.43. The Morgan fingerprint density at radius 2 is 2.12 bits per heavy atom. The van der Waals surface area contributed by atoms with Crippen molar-refractivity contribution >= 4 is 0 Å². The number of nitrogens with one attached hydrogen (secondary N) is 1. The molecule has 0 spiro atoms. The standard InChI is InChI=1S/C12H15FN4/c1-9(2)14-7-12-15-8-16-17(12)11-6-4-3-5-10(11)13/h3-6,8-9,14H,7H2,1-2H3. The SMILES string of the molecule is CC(C)NCc1ncnn1-c1ccccc1F. The molecular weight excluding hydrogens is 219 g/mol. The normalized spacial score (nSPS) is 11.1. The van der Waals surface area contributed by atoms with Gasteiger partial charge in [0, 0.05) is 6.04 Å². The topological polar surface area (TPSA) is 42.7 Å². The molecule has 1 aromatic heterocycles. The molecule has 0 radical (unpaired) electrons. The minimum absolute atomic E-state index is 0.302. The minimum atomic E-state index is -0.302. The van der Waals surface area contributed by atoms with Crippen molar-refractivity contribution in [1.29, 1.82) is 0 Å². The summed E-state index contributed by atoms with van der Waals surface area (Å²) in [7, 11) is 0. The summed E-state index contributed by atoms with van der Waals surface area (Å²) in [6, 6.07) is 6.88. The lowest BCUT2D eigenvalue weighted by Crippen LogP contribution is -2.24. The average molecular weight is 234 g/mol. The van der Waals surface area contributed by atoms with Gasteiger partial charge >= 0.3 is 0 Å². The van der Waals surface area contributed by atoms with Crippen LogP contribution in [0.3, 0.4) is 0 Å². The Morgan fingerprint density at radius 1 is 1.35 bits per heavy atom. The Balaban J connectivity index is 2.28. The summed E-state index contributed by atoms with van der Waals surface area (Å²) in [4.78, 5) is 4.13. The van der Waals surface area contributed by atoms with E-state index in [9.17, 15) is 4.39 Å². The van der Waals surface area contributed by atoms with Crippen molar-refractivity contribution in [2.45, 2.75) is 26.4 Å². The molecule has 0 bridgehead atoms. The lowest BCUT2D eigenvalue weighted by molar-refractivity contribution is 0.555. The molecule has 0 atom stereocenters. The molecule has 5 heteroatoms. The molecule has 0 aliphatic heterocycles. The number of rotatable bonds is 4. The molecule has 1 heterocycles. The van der Waals surface area contributed by atoms with Crippen LogP contribution in [0.4, 0.5) is 4.39 Å². The van der Waals surface area contributed by atoms with Crippen LogP contribution in [-0.4, -0.2) is 20.8 Å². The molecule has 90 valence electrons. The van der Waals surface area contributed by atoms with E-state index in [1.807, 2.05) is 13.8 Å². The molecule has 0 fully saturated rings. The maximum atomic E-state index is 13.6. The molecule has 1 N–H and O–H groups in total. The molecule has 2 aromatic rings. The van der Waals surface area contributed by atoms with Crippen molar-refractivity contribution in [3.63, 3.8) is 0 Å². The summed E-state index contributed by atoms with van der Waals surface area (Å²) in [5.74, 6) is 0.396. The van der Waals surface area contributed by atoms with Crippen LogP contribution in [0.5, 0.6) is 0 Å². The molecule has 4 nitrogen and oxygen atoms in total. The van der Waals surface area contributed by atoms with E-state index < -0.39 is 0 Å². The first-order valence-corrected chi connectivity index (χ1v) is 5.55. The molecule has 0 aliphatic carbocycles. The second kappa shape index (κ2) is 5.05. The van der Waals surface area contributed by atoms with Gasteiger partial charge in [-0.15, -0.1) is 0 Å². The molecule has 0 saturated carbocycles. The Morgan fingerprint density at radius 3 is 2.82 bits per heavy atom. The highest BCUT2D eigenvalue weighted by Gasteiger charge is 2.10. The first-order chi connectivity index (χ1) is 8.18. The third-order valence-electron chi connectivity index (χ3n) is 2.37. The fraction of sp³-hybridized carbons (Fsp3) is 0.333. The smallest absolute Gasteiger partial charge is 0.148 e. The number of nitrogens with zero attached hydrogens (tertiary/aromatic N) is 3. The largest absolute Gasteiger partial charge is 0.308 e. The molecule has 2 rings (SSSR count). The number of para-hydroxylation sites is 1. The molecular formula is C12H15FN4. The Bertz CT molecular complexity index is 493. The number of aromatic nitrogens is 3. The molecule has 0 amide bonds. The van der Waals surface area contributed by atoms with Gasteiger partial charge in [-0.2, -0.15) is 5.10 Å². The van der Waals surface area contributed by atoms with Gasteiger partial charge in [-0.1, -0.05) is 26.0 Å². The zero-order valence-electron chi connectivity index (χ0n) is 9.89. The van der Waals surface area contributed by atoms with E-state index in [-0.39, 0.29) is 5.82 Å². The summed E-state index contributed by atoms with van der Waals surface area (Å²) >= 11 is 0. The fourth-order valence-corrected chi connectivity index (χ4v) is 1.51. The van der Waals surface area contributed by atoms with Crippen LogP contribution in [-0.2, 0) is 6.54 Å². The summed E-state index contributed by atoms with van der Waals surface area (Å²) < 4.78 is 15.1. The van der Waals surface area contributed by atoms with E-state index in [2.05, 4.69) is 15.4 Å². The summed E-state index contributed by atoms with van der Waals surface area (Å²) in [5, 5.41) is 7.28. The monoisotopic (exact) mass is 234 g/mol. The molecule has 0 unspecified atom stereocenters. The van der Waals surface area contributed by atoms with Gasteiger partial charge in [0.15, 0.2) is 0 Å². The Kier molecular flexibility index (Phi) is 3.49. The van der Waals surface area contributed by atoms with Gasteiger partial charge in [0.2, 0.25) is 0 Å². The van der Waals surface area contributed by atoms with E-state index in [4.69, 9.17) is 0 Å². The number of hydrogen-bond acceptors (Lipinski definition) is 3. The van der Waals surface area contributed by atoms with Gasteiger partial charge in [-0.25, -0.2) is 14.1 Å². The molecule has 17 heavy (non-hydrogen) atoms. The zero-order chi connectivity index (χ0) is 12.3. The molecule has 0 aliphatic rings. The van der Waals surface area contributed by atoms with Crippen LogP contribution in [0.15, 0.2) is 30.6 Å². The van der Waals surface area contributed by atoms with Crippen molar-refractivity contribution in [3.05, 3.63) is 42.2 Å². The fourth-order valence-electron chi connectivity index (χ4n) is 1.51. The Labute approximate surface area is 99.5 Å². The van der Waals surface area contributed by atoms with Crippen LogP contribution in [0.25, 0.3) is 5.69 Å². The predicted molar refractivity (Wildman–Crippen MR) is 63.3 cm³/mol. The number of halogens is 1. The van der Waals surface area contributed by atoms with Crippen molar-refractivity contribution in [3.8, 4) is 5.69 Å². The zero-order valence-corrected chi connectivity index (χ0v) is 9.89. The van der Waals surface area contributed by atoms with Crippen molar-refractivity contribution < 1.29 is 4.39 Å². The second-order valence-electron chi connectivity index (χ2n) is 4.08. The third kappa shape index (κ3) is 2.68. The highest BCUT2D eigenvalue weighted by Crippen LogP contribution is 2.12. The van der Waals surface area contributed by atoms with Crippen molar-refractivity contribution in [2.75, 3.05) is 0 Å². The van der Waals surface area contributed by atoms with Crippen LogP contribution in [0.1, 0.15) is 19.7 Å². The molecule has 1 aromatic carbocycles. The van der Waals surface area contributed by atoms with E-state index >= 15 is 0 Å². The average Bonchev–Trinajstić information content (AvgIpc) is 2.75. The van der Waals surface area contributed by atoms with Crippen LogP contribution >= 0.6 is 0 Å². The third-order valence-corrected chi connectivity index (χ3v) is 2.37. The van der Waals surface area contributed by atoms with Crippen molar-refractivity contribution in [2.24, 2.45) is 0 Å². The number of benzene rings is 1. The van der Waals surface area contributed by atoms with E-state index in [1.165, 1.54) is 17.1 Å². The summed E-state index contributed by atoms with van der Waals surface area (Å²) in [5.41, 5.74) is 0.422. The van der Waals surface area contributed by atoms with Crippen LogP contribution < -0.4 is 5.32 Å². The van der Waals surface area contributed by atoms with Gasteiger partial charge in [-0.05, 0) is 12.1 Å². The lowest BCUT2D eigenvalue weighted by atomic mass is 10.3. The van der Waals surface area contributed by atoms with Gasteiger partial charge in [-0.3, -0.25) is 0 Å². The highest BCUT2D eigenvalue weighted by molar-refractivity contribution is 5.32. The minimum Gasteiger partial charge on any atom is -0.308 e. The number of hydrogen-bond donors (Lipinski definition) is 1. The van der Waals surface area contributed by atoms with Crippen LogP contribution in [0, 0.1) is 5.82 Å². The van der Waals surface area contributed by atoms with Crippen LogP contribution in [0.2, 0.25) is 0 Å².